The average molecular weight is 348 g/mol. The van der Waals surface area contributed by atoms with Crippen molar-refractivity contribution in [1.29, 1.82) is 0 Å². The molecule has 26 heavy (non-hydrogen) atoms. The molecule has 7 nitrogen and oxygen atoms in total. The van der Waals surface area contributed by atoms with Gasteiger partial charge in [-0.3, -0.25) is 4.79 Å². The molecule has 3 heterocycles. The first kappa shape index (κ1) is 16.4. The van der Waals surface area contributed by atoms with Crippen LogP contribution >= 0.6 is 0 Å². The smallest absolute Gasteiger partial charge is 0.267 e. The quantitative estimate of drug-likeness (QED) is 0.762. The van der Waals surface area contributed by atoms with Gasteiger partial charge in [0.15, 0.2) is 5.82 Å². The third-order valence-corrected chi connectivity index (χ3v) is 4.42. The molecule has 0 radical (unpaired) electrons. The van der Waals surface area contributed by atoms with Crippen molar-refractivity contribution < 1.29 is 0 Å². The van der Waals surface area contributed by atoms with Crippen LogP contribution in [0.4, 0.5) is 5.69 Å². The molecule has 1 aromatic carbocycles. The summed E-state index contributed by atoms with van der Waals surface area (Å²) in [6, 6.07) is 11.1. The second-order valence-electron chi connectivity index (χ2n) is 6.22. The molecule has 132 valence electrons. The Morgan fingerprint density at radius 3 is 2.62 bits per heavy atom. The summed E-state index contributed by atoms with van der Waals surface area (Å²) in [7, 11) is 0. The van der Waals surface area contributed by atoms with Gasteiger partial charge in [-0.25, -0.2) is 14.6 Å². The molecule has 0 amide bonds. The molecular weight excluding hydrogens is 328 g/mol. The fraction of sp³-hybridized carbons (Fsp3) is 0.263. The van der Waals surface area contributed by atoms with Crippen LogP contribution in [0.3, 0.4) is 0 Å². The highest BCUT2D eigenvalue weighted by molar-refractivity contribution is 5.57. The lowest BCUT2D eigenvalue weighted by Crippen LogP contribution is -2.43. The number of rotatable bonds is 4. The Hall–Kier alpha value is -3.06. The molecule has 1 N–H and O–H groups in total. The Morgan fingerprint density at radius 2 is 1.85 bits per heavy atom. The zero-order valence-electron chi connectivity index (χ0n) is 14.4. The van der Waals surface area contributed by atoms with E-state index in [-0.39, 0.29) is 5.56 Å². The summed E-state index contributed by atoms with van der Waals surface area (Å²) in [5, 5.41) is 7.44. The van der Waals surface area contributed by atoms with Crippen LogP contribution in [0, 0.1) is 0 Å². The van der Waals surface area contributed by atoms with E-state index in [0.29, 0.717) is 12.4 Å². The molecule has 0 spiro atoms. The van der Waals surface area contributed by atoms with Gasteiger partial charge in [0.25, 0.3) is 5.56 Å². The van der Waals surface area contributed by atoms with E-state index in [0.717, 1.165) is 43.0 Å². The zero-order chi connectivity index (χ0) is 17.8. The predicted molar refractivity (Wildman–Crippen MR) is 100 cm³/mol. The van der Waals surface area contributed by atoms with E-state index >= 15 is 0 Å². The van der Waals surface area contributed by atoms with E-state index in [2.05, 4.69) is 25.3 Å². The summed E-state index contributed by atoms with van der Waals surface area (Å²) in [4.78, 5) is 23.2. The number of nitrogens with zero attached hydrogens (tertiary/aromatic N) is 5. The van der Waals surface area contributed by atoms with Gasteiger partial charge in [0, 0.05) is 44.0 Å². The molecule has 7 heteroatoms. The van der Waals surface area contributed by atoms with E-state index in [9.17, 15) is 4.79 Å². The highest BCUT2D eigenvalue weighted by Crippen LogP contribution is 2.19. The Balaban J connectivity index is 1.54. The maximum absolute atomic E-state index is 11.8. The summed E-state index contributed by atoms with van der Waals surface area (Å²) in [6.07, 6.45) is 5.37. The fourth-order valence-electron chi connectivity index (χ4n) is 3.04. The van der Waals surface area contributed by atoms with Gasteiger partial charge in [-0.2, -0.15) is 5.10 Å². The van der Waals surface area contributed by atoms with E-state index in [1.165, 1.54) is 10.7 Å². The Labute approximate surface area is 151 Å². The van der Waals surface area contributed by atoms with Gasteiger partial charge in [-0.05, 0) is 17.7 Å². The molecule has 0 atom stereocenters. The zero-order valence-corrected chi connectivity index (χ0v) is 14.4. The van der Waals surface area contributed by atoms with Crippen LogP contribution in [0.5, 0.6) is 0 Å². The van der Waals surface area contributed by atoms with Crippen molar-refractivity contribution in [1.82, 2.24) is 25.1 Å². The standard InChI is InChI=1S/C19H20N6O/c26-18-5-2-6-23-25(18)14-15-3-1-4-16(11-15)19-21-12-17(13-22-19)24-9-7-20-8-10-24/h1-6,11-13,20H,7-10,14H2. The molecule has 0 bridgehead atoms. The molecule has 0 unspecified atom stereocenters. The number of aromatic nitrogens is 4. The summed E-state index contributed by atoms with van der Waals surface area (Å²) in [5.74, 6) is 0.680. The first-order valence-corrected chi connectivity index (χ1v) is 8.69. The predicted octanol–water partition coefficient (Wildman–Crippen LogP) is 1.16. The summed E-state index contributed by atoms with van der Waals surface area (Å²) in [6.45, 7) is 4.33. The highest BCUT2D eigenvalue weighted by Gasteiger charge is 2.11. The van der Waals surface area contributed by atoms with Crippen LogP contribution in [-0.2, 0) is 6.54 Å². The third-order valence-electron chi connectivity index (χ3n) is 4.42. The molecular formula is C19H20N6O. The van der Waals surface area contributed by atoms with Gasteiger partial charge >= 0.3 is 0 Å². The Kier molecular flexibility index (Phi) is 4.70. The number of hydrogen-bond donors (Lipinski definition) is 1. The normalized spacial score (nSPS) is 14.4. The van der Waals surface area contributed by atoms with E-state index in [1.807, 2.05) is 36.7 Å². The van der Waals surface area contributed by atoms with Crippen molar-refractivity contribution in [2.75, 3.05) is 31.1 Å². The molecule has 0 aliphatic carbocycles. The highest BCUT2D eigenvalue weighted by atomic mass is 16.1. The number of hydrogen-bond acceptors (Lipinski definition) is 6. The van der Waals surface area contributed by atoms with Crippen LogP contribution in [0.15, 0.2) is 59.8 Å². The van der Waals surface area contributed by atoms with Gasteiger partial charge in [-0.1, -0.05) is 18.2 Å². The Morgan fingerprint density at radius 1 is 1.04 bits per heavy atom. The summed E-state index contributed by atoms with van der Waals surface area (Å²) in [5.41, 5.74) is 2.84. The molecule has 2 aromatic heterocycles. The van der Waals surface area contributed by atoms with Crippen LogP contribution in [0.2, 0.25) is 0 Å². The first-order valence-electron chi connectivity index (χ1n) is 8.69. The molecule has 1 fully saturated rings. The van der Waals surface area contributed by atoms with Crippen molar-refractivity contribution in [3.8, 4) is 11.4 Å². The topological polar surface area (TPSA) is 75.9 Å². The molecule has 1 aliphatic rings. The van der Waals surface area contributed by atoms with Crippen molar-refractivity contribution >= 4 is 5.69 Å². The lowest BCUT2D eigenvalue weighted by molar-refractivity contribution is 0.588. The van der Waals surface area contributed by atoms with Crippen molar-refractivity contribution in [3.63, 3.8) is 0 Å². The Bertz CT molecular complexity index is 931. The molecule has 0 saturated carbocycles. The summed E-state index contributed by atoms with van der Waals surface area (Å²) >= 11 is 0. The molecule has 4 rings (SSSR count). The molecule has 1 saturated heterocycles. The minimum atomic E-state index is -0.116. The number of nitrogens with one attached hydrogen (secondary N) is 1. The minimum absolute atomic E-state index is 0.116. The fourth-order valence-corrected chi connectivity index (χ4v) is 3.04. The van der Waals surface area contributed by atoms with Crippen molar-refractivity contribution in [2.24, 2.45) is 0 Å². The number of piperazine rings is 1. The maximum atomic E-state index is 11.8. The van der Waals surface area contributed by atoms with Crippen molar-refractivity contribution in [3.05, 3.63) is 70.9 Å². The number of anilines is 1. The molecule has 1 aliphatic heterocycles. The second kappa shape index (κ2) is 7.45. The van der Waals surface area contributed by atoms with E-state index in [4.69, 9.17) is 0 Å². The third kappa shape index (κ3) is 3.62. The van der Waals surface area contributed by atoms with Crippen LogP contribution < -0.4 is 15.8 Å². The SMILES string of the molecule is O=c1cccnn1Cc1cccc(-c2ncc(N3CCNCC3)cn2)c1. The van der Waals surface area contributed by atoms with Gasteiger partial charge in [0.2, 0.25) is 0 Å². The summed E-state index contributed by atoms with van der Waals surface area (Å²) < 4.78 is 1.44. The first-order chi connectivity index (χ1) is 12.8. The molecule has 3 aromatic rings. The lowest BCUT2D eigenvalue weighted by atomic mass is 10.1. The average Bonchev–Trinajstić information content (AvgIpc) is 2.71. The van der Waals surface area contributed by atoms with Crippen LogP contribution in [0.25, 0.3) is 11.4 Å². The van der Waals surface area contributed by atoms with Gasteiger partial charge in [0.1, 0.15) is 0 Å². The van der Waals surface area contributed by atoms with Gasteiger partial charge in [0.05, 0.1) is 24.6 Å². The van der Waals surface area contributed by atoms with Crippen LogP contribution in [0.1, 0.15) is 5.56 Å². The minimum Gasteiger partial charge on any atom is -0.366 e. The largest absolute Gasteiger partial charge is 0.366 e. The van der Waals surface area contributed by atoms with E-state index in [1.54, 1.807) is 12.3 Å². The van der Waals surface area contributed by atoms with E-state index < -0.39 is 0 Å². The van der Waals surface area contributed by atoms with Gasteiger partial charge < -0.3 is 10.2 Å². The number of benzene rings is 1. The van der Waals surface area contributed by atoms with Crippen molar-refractivity contribution in [2.45, 2.75) is 6.54 Å². The van der Waals surface area contributed by atoms with Crippen LogP contribution in [-0.4, -0.2) is 45.9 Å². The second-order valence-corrected chi connectivity index (χ2v) is 6.22. The maximum Gasteiger partial charge on any atom is 0.267 e. The van der Waals surface area contributed by atoms with Gasteiger partial charge in [-0.15, -0.1) is 0 Å². The lowest BCUT2D eigenvalue weighted by Gasteiger charge is -2.28. The monoisotopic (exact) mass is 348 g/mol.